The van der Waals surface area contributed by atoms with Gasteiger partial charge in [-0.05, 0) is 93.9 Å². The zero-order chi connectivity index (χ0) is 20.2. The summed E-state index contributed by atoms with van der Waals surface area (Å²) in [6, 6.07) is 0. The van der Waals surface area contributed by atoms with Crippen molar-refractivity contribution in [2.75, 3.05) is 11.9 Å². The van der Waals surface area contributed by atoms with E-state index in [-0.39, 0.29) is 21.6 Å². The van der Waals surface area contributed by atoms with Crippen molar-refractivity contribution in [3.63, 3.8) is 0 Å². The predicted octanol–water partition coefficient (Wildman–Crippen LogP) is 5.87. The fraction of sp³-hybridized carbons (Fsp3) is 0.739. The van der Waals surface area contributed by atoms with E-state index in [1.165, 1.54) is 37.0 Å². The summed E-state index contributed by atoms with van der Waals surface area (Å²) < 4.78 is 5.59. The lowest BCUT2D eigenvalue weighted by Crippen LogP contribution is -2.53. The van der Waals surface area contributed by atoms with Crippen molar-refractivity contribution in [1.82, 2.24) is 0 Å². The molecule has 0 spiro atoms. The standard InChI is InChI=1S/C23H30BrNO3S/c1-2-28-21(27)19-16-5-3-4-6-17(16)29-20(19)25-18(26)12-22-8-14-7-15(9-22)11-23(24,10-14)13-22/h14-15H,2-13H2,1H3,(H,25,26). The van der Waals surface area contributed by atoms with E-state index in [1.54, 1.807) is 11.3 Å². The fourth-order valence-electron chi connectivity index (χ4n) is 7.13. The molecule has 2 atom stereocenters. The Bertz CT molecular complexity index is 833. The van der Waals surface area contributed by atoms with Crippen molar-refractivity contribution in [1.29, 1.82) is 0 Å². The minimum atomic E-state index is -0.281. The number of thiophene rings is 1. The lowest BCUT2D eigenvalue weighted by Gasteiger charge is -2.60. The van der Waals surface area contributed by atoms with E-state index >= 15 is 0 Å². The van der Waals surface area contributed by atoms with Crippen LogP contribution in [0, 0.1) is 17.3 Å². The Balaban J connectivity index is 1.36. The maximum absolute atomic E-state index is 13.2. The molecule has 0 radical (unpaired) electrons. The Labute approximate surface area is 185 Å². The molecule has 29 heavy (non-hydrogen) atoms. The first kappa shape index (κ1) is 20.0. The molecule has 0 aliphatic heterocycles. The lowest BCUT2D eigenvalue weighted by atomic mass is 9.48. The molecule has 6 rings (SSSR count). The van der Waals surface area contributed by atoms with Gasteiger partial charge in [-0.1, -0.05) is 15.9 Å². The molecular weight excluding hydrogens is 450 g/mol. The number of alkyl halides is 1. The third kappa shape index (κ3) is 3.69. The van der Waals surface area contributed by atoms with Gasteiger partial charge < -0.3 is 10.1 Å². The van der Waals surface area contributed by atoms with Crippen LogP contribution in [-0.4, -0.2) is 22.8 Å². The number of rotatable bonds is 5. The molecule has 0 aromatic carbocycles. The van der Waals surface area contributed by atoms with Gasteiger partial charge in [-0.15, -0.1) is 11.3 Å². The van der Waals surface area contributed by atoms with E-state index in [1.807, 2.05) is 6.92 Å². The Morgan fingerprint density at radius 3 is 2.59 bits per heavy atom. The van der Waals surface area contributed by atoms with Crippen LogP contribution in [0.2, 0.25) is 0 Å². The normalized spacial score (nSPS) is 34.7. The van der Waals surface area contributed by atoms with E-state index in [9.17, 15) is 9.59 Å². The number of halogens is 1. The number of carbonyl (C=O) groups excluding carboxylic acids is 2. The molecule has 1 aromatic heterocycles. The summed E-state index contributed by atoms with van der Waals surface area (Å²) in [5, 5.41) is 3.88. The van der Waals surface area contributed by atoms with E-state index in [4.69, 9.17) is 4.74 Å². The summed E-state index contributed by atoms with van der Waals surface area (Å²) in [6.45, 7) is 2.19. The Morgan fingerprint density at radius 1 is 1.17 bits per heavy atom. The van der Waals surface area contributed by atoms with Crippen LogP contribution in [0.5, 0.6) is 0 Å². The van der Waals surface area contributed by atoms with E-state index in [2.05, 4.69) is 21.2 Å². The first-order valence-corrected chi connectivity index (χ1v) is 12.8. The minimum absolute atomic E-state index is 0.0761. The molecular formula is C23H30BrNO3S. The molecule has 5 aliphatic rings. The molecule has 1 amide bonds. The fourth-order valence-corrected chi connectivity index (χ4v) is 9.93. The molecule has 5 aliphatic carbocycles. The molecule has 4 bridgehead atoms. The third-order valence-corrected chi connectivity index (χ3v) is 9.69. The molecule has 1 aromatic rings. The summed E-state index contributed by atoms with van der Waals surface area (Å²) >= 11 is 5.64. The minimum Gasteiger partial charge on any atom is -0.462 e. The zero-order valence-corrected chi connectivity index (χ0v) is 19.6. The number of anilines is 1. The highest BCUT2D eigenvalue weighted by molar-refractivity contribution is 9.10. The zero-order valence-electron chi connectivity index (χ0n) is 17.2. The summed E-state index contributed by atoms with van der Waals surface area (Å²) in [4.78, 5) is 27.1. The smallest absolute Gasteiger partial charge is 0.341 e. The highest BCUT2D eigenvalue weighted by Crippen LogP contribution is 2.65. The third-order valence-electron chi connectivity index (χ3n) is 7.55. The van der Waals surface area contributed by atoms with E-state index in [0.717, 1.165) is 54.5 Å². The number of hydrogen-bond donors (Lipinski definition) is 1. The van der Waals surface area contributed by atoms with Crippen LogP contribution >= 0.6 is 27.3 Å². The molecule has 1 N–H and O–H groups in total. The predicted molar refractivity (Wildman–Crippen MR) is 119 cm³/mol. The average Bonchev–Trinajstić information content (AvgIpc) is 2.96. The summed E-state index contributed by atoms with van der Waals surface area (Å²) in [5.74, 6) is 1.34. The topological polar surface area (TPSA) is 55.4 Å². The van der Waals surface area contributed by atoms with Crippen molar-refractivity contribution in [3.05, 3.63) is 16.0 Å². The van der Waals surface area contributed by atoms with Crippen molar-refractivity contribution >= 4 is 44.1 Å². The van der Waals surface area contributed by atoms with Gasteiger partial charge in [0, 0.05) is 15.6 Å². The Hall–Kier alpha value is -0.880. The first-order chi connectivity index (χ1) is 13.9. The summed E-state index contributed by atoms with van der Waals surface area (Å²) in [7, 11) is 0. The Kier molecular flexibility index (Phi) is 5.09. The van der Waals surface area contributed by atoms with Crippen LogP contribution in [-0.2, 0) is 22.4 Å². The van der Waals surface area contributed by atoms with Gasteiger partial charge >= 0.3 is 5.97 Å². The van der Waals surface area contributed by atoms with Gasteiger partial charge in [-0.25, -0.2) is 4.79 Å². The second kappa shape index (κ2) is 7.37. The number of hydrogen-bond acceptors (Lipinski definition) is 4. The van der Waals surface area contributed by atoms with Crippen LogP contribution in [0.15, 0.2) is 0 Å². The molecule has 158 valence electrons. The second-order valence-corrected chi connectivity index (χ2v) is 12.8. The molecule has 2 unspecified atom stereocenters. The maximum atomic E-state index is 13.2. The maximum Gasteiger partial charge on any atom is 0.341 e. The molecule has 4 saturated carbocycles. The van der Waals surface area contributed by atoms with Gasteiger partial charge in [-0.2, -0.15) is 0 Å². The van der Waals surface area contributed by atoms with Crippen molar-refractivity contribution in [2.24, 2.45) is 17.3 Å². The number of ether oxygens (including phenoxy) is 1. The van der Waals surface area contributed by atoms with Gasteiger partial charge in [0.1, 0.15) is 5.00 Å². The largest absolute Gasteiger partial charge is 0.462 e. The Morgan fingerprint density at radius 2 is 1.90 bits per heavy atom. The lowest BCUT2D eigenvalue weighted by molar-refractivity contribution is -0.123. The SMILES string of the molecule is CCOC(=O)c1c(NC(=O)CC23CC4CC(CC(Br)(C4)C2)C3)sc2c1CCCC2. The number of fused-ring (bicyclic) bond motifs is 1. The number of esters is 1. The van der Waals surface area contributed by atoms with Crippen LogP contribution in [0.3, 0.4) is 0 Å². The highest BCUT2D eigenvalue weighted by atomic mass is 79.9. The molecule has 4 nitrogen and oxygen atoms in total. The number of carbonyl (C=O) groups is 2. The van der Waals surface area contributed by atoms with E-state index in [0.29, 0.717) is 18.6 Å². The number of nitrogens with one attached hydrogen (secondary N) is 1. The molecule has 1 heterocycles. The van der Waals surface area contributed by atoms with Crippen molar-refractivity contribution < 1.29 is 14.3 Å². The van der Waals surface area contributed by atoms with Crippen LogP contribution in [0.4, 0.5) is 5.00 Å². The molecule has 4 fully saturated rings. The number of amides is 1. The number of aryl methyl sites for hydroxylation is 1. The quantitative estimate of drug-likeness (QED) is 0.424. The monoisotopic (exact) mass is 479 g/mol. The van der Waals surface area contributed by atoms with Gasteiger partial charge in [-0.3, -0.25) is 4.79 Å². The van der Waals surface area contributed by atoms with Crippen LogP contribution in [0.25, 0.3) is 0 Å². The average molecular weight is 480 g/mol. The van der Waals surface area contributed by atoms with Crippen LogP contribution in [0.1, 0.15) is 85.5 Å². The molecule has 0 saturated heterocycles. The van der Waals surface area contributed by atoms with Gasteiger partial charge in [0.2, 0.25) is 5.91 Å². The van der Waals surface area contributed by atoms with Crippen molar-refractivity contribution in [3.8, 4) is 0 Å². The summed E-state index contributed by atoms with van der Waals surface area (Å²) in [6.07, 6.45) is 12.1. The van der Waals surface area contributed by atoms with E-state index < -0.39 is 0 Å². The van der Waals surface area contributed by atoms with Crippen molar-refractivity contribution in [2.45, 2.75) is 81.9 Å². The first-order valence-electron chi connectivity index (χ1n) is 11.2. The van der Waals surface area contributed by atoms with Gasteiger partial charge in [0.15, 0.2) is 0 Å². The van der Waals surface area contributed by atoms with Crippen LogP contribution < -0.4 is 5.32 Å². The van der Waals surface area contributed by atoms with Gasteiger partial charge in [0.25, 0.3) is 0 Å². The highest BCUT2D eigenvalue weighted by Gasteiger charge is 2.57. The summed E-state index contributed by atoms with van der Waals surface area (Å²) in [5.41, 5.74) is 1.88. The van der Waals surface area contributed by atoms with Gasteiger partial charge in [0.05, 0.1) is 12.2 Å². The molecule has 6 heteroatoms. The second-order valence-electron chi connectivity index (χ2n) is 9.97.